The van der Waals surface area contributed by atoms with Crippen LogP contribution < -0.4 is 4.90 Å². The molecule has 4 nitrogen and oxygen atoms in total. The molecule has 1 saturated carbocycles. The zero-order chi connectivity index (χ0) is 14.2. The molecule has 2 fully saturated rings. The Morgan fingerprint density at radius 2 is 2.10 bits per heavy atom. The van der Waals surface area contributed by atoms with Gasteiger partial charge in [-0.2, -0.15) is 0 Å². The summed E-state index contributed by atoms with van der Waals surface area (Å²) in [6.45, 7) is 1.68. The van der Waals surface area contributed by atoms with Crippen molar-refractivity contribution < 1.29 is 4.74 Å². The van der Waals surface area contributed by atoms with Crippen LogP contribution in [0.1, 0.15) is 25.7 Å². The van der Waals surface area contributed by atoms with Crippen LogP contribution in [0, 0.1) is 0 Å². The summed E-state index contributed by atoms with van der Waals surface area (Å²) < 4.78 is 5.96. The van der Waals surface area contributed by atoms with Gasteiger partial charge in [-0.15, -0.1) is 0 Å². The van der Waals surface area contributed by atoms with Crippen LogP contribution in [0.5, 0.6) is 0 Å². The molecular formula is C16H18ClN3O. The van der Waals surface area contributed by atoms with Gasteiger partial charge >= 0.3 is 0 Å². The Morgan fingerprint density at radius 3 is 3.05 bits per heavy atom. The van der Waals surface area contributed by atoms with E-state index in [0.29, 0.717) is 17.2 Å². The number of fused-ring (bicyclic) bond motifs is 2. The quantitative estimate of drug-likeness (QED) is 0.809. The highest BCUT2D eigenvalue weighted by atomic mass is 35.5. The summed E-state index contributed by atoms with van der Waals surface area (Å²) in [5.41, 5.74) is 0.909. The maximum atomic E-state index is 6.07. The lowest BCUT2D eigenvalue weighted by Crippen LogP contribution is -2.53. The maximum absolute atomic E-state index is 6.07. The van der Waals surface area contributed by atoms with Gasteiger partial charge in [0.25, 0.3) is 0 Å². The highest BCUT2D eigenvalue weighted by molar-refractivity contribution is 6.31. The van der Waals surface area contributed by atoms with E-state index in [4.69, 9.17) is 16.3 Å². The Kier molecular flexibility index (Phi) is 3.43. The minimum atomic E-state index is 0.352. The van der Waals surface area contributed by atoms with Crippen molar-refractivity contribution >= 4 is 28.3 Å². The van der Waals surface area contributed by atoms with Crippen LogP contribution >= 0.6 is 11.6 Å². The fraction of sp³-hybridized carbons (Fsp3) is 0.500. The van der Waals surface area contributed by atoms with E-state index in [1.54, 1.807) is 6.33 Å². The van der Waals surface area contributed by atoms with Crippen molar-refractivity contribution in [3.63, 3.8) is 0 Å². The number of ether oxygens (including phenoxy) is 1. The van der Waals surface area contributed by atoms with Crippen molar-refractivity contribution in [3.05, 3.63) is 29.5 Å². The van der Waals surface area contributed by atoms with Gasteiger partial charge in [0.1, 0.15) is 12.1 Å². The molecule has 1 aliphatic heterocycles. The molecule has 1 aromatic heterocycles. The van der Waals surface area contributed by atoms with Crippen LogP contribution in [0.25, 0.3) is 10.9 Å². The van der Waals surface area contributed by atoms with Gasteiger partial charge in [0, 0.05) is 17.0 Å². The summed E-state index contributed by atoms with van der Waals surface area (Å²) in [6, 6.07) is 6.29. The molecule has 0 radical (unpaired) electrons. The third-order valence-corrected chi connectivity index (χ3v) is 4.82. The Labute approximate surface area is 129 Å². The molecule has 1 aromatic carbocycles. The zero-order valence-corrected chi connectivity index (χ0v) is 12.6. The third kappa shape index (κ3) is 2.36. The monoisotopic (exact) mass is 303 g/mol. The van der Waals surface area contributed by atoms with Gasteiger partial charge in [0.15, 0.2) is 0 Å². The Bertz CT molecular complexity index is 661. The minimum absolute atomic E-state index is 0.352. The maximum Gasteiger partial charge on any atom is 0.140 e. The number of halogens is 1. The molecule has 0 N–H and O–H groups in total. The van der Waals surface area contributed by atoms with Crippen LogP contribution in [0.4, 0.5) is 5.82 Å². The molecule has 21 heavy (non-hydrogen) atoms. The summed E-state index contributed by atoms with van der Waals surface area (Å²) in [5, 5.41) is 1.79. The molecule has 2 heterocycles. The minimum Gasteiger partial charge on any atom is -0.374 e. The van der Waals surface area contributed by atoms with E-state index in [0.717, 1.165) is 36.3 Å². The van der Waals surface area contributed by atoms with Gasteiger partial charge in [0.2, 0.25) is 0 Å². The smallest absolute Gasteiger partial charge is 0.140 e. The van der Waals surface area contributed by atoms with Crippen molar-refractivity contribution in [1.82, 2.24) is 9.97 Å². The first-order valence-corrected chi connectivity index (χ1v) is 7.99. The fourth-order valence-corrected chi connectivity index (χ4v) is 3.77. The van der Waals surface area contributed by atoms with Gasteiger partial charge in [-0.25, -0.2) is 9.97 Å². The standard InChI is InChI=1S/C16H18ClN3O/c17-11-5-6-12-13(9-11)18-10-19-16(12)20-7-8-21-15-4-2-1-3-14(15)20/h5-6,9-10,14-15H,1-4,7-8H2. The average Bonchev–Trinajstić information content (AvgIpc) is 2.53. The SMILES string of the molecule is Clc1ccc2c(N3CCOC4CCCCC43)ncnc2c1. The van der Waals surface area contributed by atoms with Gasteiger partial charge in [-0.1, -0.05) is 24.4 Å². The molecule has 0 spiro atoms. The summed E-state index contributed by atoms with van der Waals surface area (Å²) in [7, 11) is 0. The highest BCUT2D eigenvalue weighted by Crippen LogP contribution is 2.34. The zero-order valence-electron chi connectivity index (χ0n) is 11.8. The molecule has 5 heteroatoms. The molecule has 2 aliphatic rings. The molecule has 110 valence electrons. The number of nitrogens with zero attached hydrogens (tertiary/aromatic N) is 3. The van der Waals surface area contributed by atoms with Crippen LogP contribution in [0.3, 0.4) is 0 Å². The lowest BCUT2D eigenvalue weighted by molar-refractivity contribution is -0.00887. The summed E-state index contributed by atoms with van der Waals surface area (Å²) >= 11 is 6.07. The molecule has 4 rings (SSSR count). The van der Waals surface area contributed by atoms with Crippen molar-refractivity contribution in [3.8, 4) is 0 Å². The molecule has 2 atom stereocenters. The van der Waals surface area contributed by atoms with Crippen LogP contribution in [0.2, 0.25) is 5.02 Å². The van der Waals surface area contributed by atoms with Crippen molar-refractivity contribution in [2.75, 3.05) is 18.1 Å². The van der Waals surface area contributed by atoms with Crippen molar-refractivity contribution in [2.45, 2.75) is 37.8 Å². The second-order valence-corrected chi connectivity index (χ2v) is 6.25. The van der Waals surface area contributed by atoms with E-state index in [1.165, 1.54) is 19.3 Å². The largest absolute Gasteiger partial charge is 0.374 e. The molecular weight excluding hydrogens is 286 g/mol. The number of rotatable bonds is 1. The van der Waals surface area contributed by atoms with E-state index in [2.05, 4.69) is 14.9 Å². The topological polar surface area (TPSA) is 38.2 Å². The Morgan fingerprint density at radius 1 is 1.19 bits per heavy atom. The second kappa shape index (κ2) is 5.43. The first kappa shape index (κ1) is 13.3. The van der Waals surface area contributed by atoms with Crippen molar-refractivity contribution in [2.24, 2.45) is 0 Å². The number of hydrogen-bond donors (Lipinski definition) is 0. The van der Waals surface area contributed by atoms with Gasteiger partial charge in [0.05, 0.1) is 24.3 Å². The molecule has 1 aliphatic carbocycles. The highest BCUT2D eigenvalue weighted by Gasteiger charge is 2.35. The van der Waals surface area contributed by atoms with Crippen molar-refractivity contribution in [1.29, 1.82) is 0 Å². The van der Waals surface area contributed by atoms with Gasteiger partial charge in [-0.05, 0) is 31.0 Å². The lowest BCUT2D eigenvalue weighted by atomic mass is 9.90. The molecule has 0 amide bonds. The van der Waals surface area contributed by atoms with Crippen LogP contribution in [-0.2, 0) is 4.74 Å². The summed E-state index contributed by atoms with van der Waals surface area (Å²) in [6.07, 6.45) is 6.89. The third-order valence-electron chi connectivity index (χ3n) is 4.58. The molecule has 1 saturated heterocycles. The van der Waals surface area contributed by atoms with E-state index < -0.39 is 0 Å². The predicted molar refractivity (Wildman–Crippen MR) is 83.9 cm³/mol. The number of morpholine rings is 1. The normalized spacial score (nSPS) is 25.9. The number of hydrogen-bond acceptors (Lipinski definition) is 4. The van der Waals surface area contributed by atoms with E-state index in [9.17, 15) is 0 Å². The first-order chi connectivity index (χ1) is 10.3. The van der Waals surface area contributed by atoms with E-state index in [1.807, 2.05) is 18.2 Å². The molecule has 2 unspecified atom stereocenters. The second-order valence-electron chi connectivity index (χ2n) is 5.81. The summed E-state index contributed by atoms with van der Waals surface area (Å²) in [4.78, 5) is 11.3. The molecule has 0 bridgehead atoms. The van der Waals surface area contributed by atoms with E-state index in [-0.39, 0.29) is 0 Å². The fourth-order valence-electron chi connectivity index (χ4n) is 3.60. The average molecular weight is 304 g/mol. The van der Waals surface area contributed by atoms with Gasteiger partial charge < -0.3 is 9.64 Å². The predicted octanol–water partition coefficient (Wildman–Crippen LogP) is 3.43. The van der Waals surface area contributed by atoms with Gasteiger partial charge in [-0.3, -0.25) is 0 Å². The number of benzene rings is 1. The summed E-state index contributed by atoms with van der Waals surface area (Å²) in [5.74, 6) is 1.02. The van der Waals surface area contributed by atoms with Crippen LogP contribution in [0.15, 0.2) is 24.5 Å². The molecule has 2 aromatic rings. The number of anilines is 1. The lowest BCUT2D eigenvalue weighted by Gasteiger charge is -2.44. The van der Waals surface area contributed by atoms with Crippen LogP contribution in [-0.4, -0.2) is 35.3 Å². The Balaban J connectivity index is 1.78. The first-order valence-electron chi connectivity index (χ1n) is 7.61. The van der Waals surface area contributed by atoms with E-state index >= 15 is 0 Å². The Hall–Kier alpha value is -1.39. The number of aromatic nitrogens is 2.